The summed E-state index contributed by atoms with van der Waals surface area (Å²) in [6.45, 7) is 0. The van der Waals surface area contributed by atoms with Crippen LogP contribution < -0.4 is 11.1 Å². The minimum Gasteiger partial charge on any atom is -0.397 e. The Labute approximate surface area is 95.2 Å². The number of nitrogen functional groups attached to an aromatic ring is 1. The van der Waals surface area contributed by atoms with Crippen LogP contribution in [0.3, 0.4) is 0 Å². The quantitative estimate of drug-likeness (QED) is 0.702. The predicted octanol–water partition coefficient (Wildman–Crippen LogP) is 1.79. The van der Waals surface area contributed by atoms with Gasteiger partial charge in [0.1, 0.15) is 6.07 Å². The number of hydrogen-bond acceptors (Lipinski definition) is 3. The second kappa shape index (κ2) is 3.55. The minimum atomic E-state index is -0.0688. The van der Waals surface area contributed by atoms with E-state index >= 15 is 0 Å². The maximum Gasteiger partial charge on any atom is 0.224 e. The molecule has 0 aromatic heterocycles. The van der Waals surface area contributed by atoms with Gasteiger partial charge in [0.2, 0.25) is 5.91 Å². The zero-order chi connectivity index (χ0) is 11.0. The third-order valence-electron chi connectivity index (χ3n) is 2.40. The Balaban J connectivity index is 2.68. The standard InChI is InChI=1S/C10H8BrN3O/c11-7-3-5-1-2-8(15)14-10(5)6(4-12)9(7)13/h3H,1-2,13H2,(H,14,15). The molecule has 0 saturated carbocycles. The van der Waals surface area contributed by atoms with Crippen LogP contribution in [-0.2, 0) is 11.2 Å². The van der Waals surface area contributed by atoms with Gasteiger partial charge in [-0.05, 0) is 34.0 Å². The Morgan fingerprint density at radius 2 is 2.27 bits per heavy atom. The number of anilines is 2. The lowest BCUT2D eigenvalue weighted by molar-refractivity contribution is -0.116. The van der Waals surface area contributed by atoms with Gasteiger partial charge in [-0.15, -0.1) is 0 Å². The molecular formula is C10H8BrN3O. The molecule has 0 spiro atoms. The average Bonchev–Trinajstić information content (AvgIpc) is 2.21. The number of nitrogens with one attached hydrogen (secondary N) is 1. The van der Waals surface area contributed by atoms with Gasteiger partial charge in [0.15, 0.2) is 0 Å². The number of carbonyl (C=O) groups excluding carboxylic acids is 1. The first-order chi connectivity index (χ1) is 7.13. The molecule has 0 bridgehead atoms. The van der Waals surface area contributed by atoms with Crippen molar-refractivity contribution >= 4 is 33.2 Å². The van der Waals surface area contributed by atoms with Crippen molar-refractivity contribution in [2.75, 3.05) is 11.1 Å². The van der Waals surface area contributed by atoms with Gasteiger partial charge in [0, 0.05) is 10.9 Å². The molecule has 1 aromatic carbocycles. The smallest absolute Gasteiger partial charge is 0.224 e. The van der Waals surface area contributed by atoms with Gasteiger partial charge in [-0.25, -0.2) is 0 Å². The van der Waals surface area contributed by atoms with Crippen molar-refractivity contribution in [3.63, 3.8) is 0 Å². The van der Waals surface area contributed by atoms with Crippen LogP contribution in [-0.4, -0.2) is 5.91 Å². The Morgan fingerprint density at radius 1 is 1.53 bits per heavy atom. The molecule has 0 aliphatic carbocycles. The van der Waals surface area contributed by atoms with E-state index in [1.54, 1.807) is 0 Å². The second-order valence-electron chi connectivity index (χ2n) is 3.34. The number of benzene rings is 1. The maximum absolute atomic E-state index is 11.2. The lowest BCUT2D eigenvalue weighted by Gasteiger charge is -2.19. The van der Waals surface area contributed by atoms with Crippen LogP contribution in [0, 0.1) is 11.3 Å². The van der Waals surface area contributed by atoms with E-state index in [2.05, 4.69) is 21.2 Å². The summed E-state index contributed by atoms with van der Waals surface area (Å²) in [6.07, 6.45) is 1.10. The average molecular weight is 266 g/mol. The molecule has 5 heteroatoms. The highest BCUT2D eigenvalue weighted by atomic mass is 79.9. The highest BCUT2D eigenvalue weighted by Gasteiger charge is 2.21. The van der Waals surface area contributed by atoms with Crippen LogP contribution in [0.1, 0.15) is 17.5 Å². The number of aryl methyl sites for hydroxylation is 1. The summed E-state index contributed by atoms with van der Waals surface area (Å²) in [4.78, 5) is 11.2. The molecule has 0 unspecified atom stereocenters. The largest absolute Gasteiger partial charge is 0.397 e. The van der Waals surface area contributed by atoms with E-state index in [0.29, 0.717) is 34.3 Å². The Hall–Kier alpha value is -1.54. The molecule has 1 aliphatic heterocycles. The van der Waals surface area contributed by atoms with Crippen LogP contribution in [0.25, 0.3) is 0 Å². The maximum atomic E-state index is 11.2. The molecule has 0 radical (unpaired) electrons. The molecular weight excluding hydrogens is 258 g/mol. The summed E-state index contributed by atoms with van der Waals surface area (Å²) in [5.74, 6) is -0.0688. The molecule has 1 aliphatic rings. The van der Waals surface area contributed by atoms with Crippen molar-refractivity contribution in [1.82, 2.24) is 0 Å². The molecule has 1 aromatic rings. The zero-order valence-electron chi connectivity index (χ0n) is 7.80. The molecule has 3 N–H and O–H groups in total. The van der Waals surface area contributed by atoms with Crippen molar-refractivity contribution in [1.29, 1.82) is 5.26 Å². The monoisotopic (exact) mass is 265 g/mol. The molecule has 0 fully saturated rings. The number of halogens is 1. The zero-order valence-corrected chi connectivity index (χ0v) is 9.39. The number of fused-ring (bicyclic) bond motifs is 1. The van der Waals surface area contributed by atoms with Gasteiger partial charge in [-0.3, -0.25) is 4.79 Å². The number of nitrogens with two attached hydrogens (primary N) is 1. The third-order valence-corrected chi connectivity index (χ3v) is 3.05. The van der Waals surface area contributed by atoms with E-state index in [9.17, 15) is 4.79 Å². The fourth-order valence-electron chi connectivity index (χ4n) is 1.62. The molecule has 15 heavy (non-hydrogen) atoms. The number of carbonyl (C=O) groups is 1. The first kappa shape index (κ1) is 9.99. The second-order valence-corrected chi connectivity index (χ2v) is 4.20. The van der Waals surface area contributed by atoms with Gasteiger partial charge in [0.25, 0.3) is 0 Å². The summed E-state index contributed by atoms with van der Waals surface area (Å²) < 4.78 is 0.703. The Morgan fingerprint density at radius 3 is 2.93 bits per heavy atom. The van der Waals surface area contributed by atoms with Crippen LogP contribution in [0.5, 0.6) is 0 Å². The van der Waals surface area contributed by atoms with Crippen molar-refractivity contribution < 1.29 is 4.79 Å². The first-order valence-electron chi connectivity index (χ1n) is 4.44. The van der Waals surface area contributed by atoms with Gasteiger partial charge in [-0.1, -0.05) is 0 Å². The van der Waals surface area contributed by atoms with Gasteiger partial charge in [0.05, 0.1) is 16.9 Å². The van der Waals surface area contributed by atoms with Crippen molar-refractivity contribution in [3.05, 3.63) is 21.7 Å². The van der Waals surface area contributed by atoms with E-state index in [0.717, 1.165) is 5.56 Å². The van der Waals surface area contributed by atoms with E-state index in [4.69, 9.17) is 11.0 Å². The van der Waals surface area contributed by atoms with E-state index in [1.807, 2.05) is 12.1 Å². The van der Waals surface area contributed by atoms with Crippen LogP contribution in [0.15, 0.2) is 10.5 Å². The Bertz CT molecular complexity index is 490. The van der Waals surface area contributed by atoms with E-state index in [1.165, 1.54) is 0 Å². The number of rotatable bonds is 0. The van der Waals surface area contributed by atoms with Crippen molar-refractivity contribution in [2.24, 2.45) is 0 Å². The molecule has 2 rings (SSSR count). The normalized spacial score (nSPS) is 14.0. The minimum absolute atomic E-state index is 0.0688. The topological polar surface area (TPSA) is 78.9 Å². The predicted molar refractivity (Wildman–Crippen MR) is 60.2 cm³/mol. The fourth-order valence-corrected chi connectivity index (χ4v) is 2.10. The lowest BCUT2D eigenvalue weighted by Crippen LogP contribution is -2.20. The summed E-state index contributed by atoms with van der Waals surface area (Å²) in [7, 11) is 0. The van der Waals surface area contributed by atoms with Crippen LogP contribution >= 0.6 is 15.9 Å². The van der Waals surface area contributed by atoms with E-state index in [-0.39, 0.29) is 5.91 Å². The summed E-state index contributed by atoms with van der Waals surface area (Å²) in [5, 5.41) is 11.7. The Kier molecular flexibility index (Phi) is 2.37. The highest BCUT2D eigenvalue weighted by Crippen LogP contribution is 2.35. The van der Waals surface area contributed by atoms with Gasteiger partial charge >= 0.3 is 0 Å². The van der Waals surface area contributed by atoms with E-state index < -0.39 is 0 Å². The van der Waals surface area contributed by atoms with Gasteiger partial charge < -0.3 is 11.1 Å². The summed E-state index contributed by atoms with van der Waals surface area (Å²) in [6, 6.07) is 3.87. The summed E-state index contributed by atoms with van der Waals surface area (Å²) >= 11 is 3.29. The lowest BCUT2D eigenvalue weighted by atomic mass is 9.98. The van der Waals surface area contributed by atoms with Crippen molar-refractivity contribution in [3.8, 4) is 6.07 Å². The first-order valence-corrected chi connectivity index (χ1v) is 5.23. The SMILES string of the molecule is N#Cc1c(N)c(Br)cc2c1NC(=O)CC2. The molecule has 76 valence electrons. The molecule has 4 nitrogen and oxygen atoms in total. The van der Waals surface area contributed by atoms with Crippen LogP contribution in [0.2, 0.25) is 0 Å². The van der Waals surface area contributed by atoms with Crippen LogP contribution in [0.4, 0.5) is 11.4 Å². The number of amides is 1. The number of nitriles is 1. The summed E-state index contributed by atoms with van der Waals surface area (Å²) in [5.41, 5.74) is 7.97. The fraction of sp³-hybridized carbons (Fsp3) is 0.200. The van der Waals surface area contributed by atoms with Crippen molar-refractivity contribution in [2.45, 2.75) is 12.8 Å². The number of hydrogen-bond donors (Lipinski definition) is 2. The molecule has 1 amide bonds. The molecule has 0 saturated heterocycles. The van der Waals surface area contributed by atoms with Gasteiger partial charge in [-0.2, -0.15) is 5.26 Å². The molecule has 0 atom stereocenters. The number of nitrogens with zero attached hydrogens (tertiary/aromatic N) is 1. The molecule has 1 heterocycles. The third kappa shape index (κ3) is 1.57. The highest BCUT2D eigenvalue weighted by molar-refractivity contribution is 9.10.